The molecule has 1 N–H and O–H groups in total. The highest BCUT2D eigenvalue weighted by Gasteiger charge is 2.16. The molecule has 0 aliphatic heterocycles. The Hall–Kier alpha value is -1.73. The Labute approximate surface area is 176 Å². The maximum Gasteiger partial charge on any atom is 0.234 e. The predicted octanol–water partition coefficient (Wildman–Crippen LogP) is 5.66. The number of hydrogen-bond donors (Lipinski definition) is 1. The van der Waals surface area contributed by atoms with Crippen molar-refractivity contribution in [1.29, 1.82) is 0 Å². The zero-order valence-electron chi connectivity index (χ0n) is 14.2. The van der Waals surface area contributed by atoms with Gasteiger partial charge in [-0.15, -0.1) is 10.2 Å². The van der Waals surface area contributed by atoms with Gasteiger partial charge >= 0.3 is 0 Å². The number of carbonyl (C=O) groups excluding carboxylic acids is 1. The van der Waals surface area contributed by atoms with Crippen molar-refractivity contribution in [3.63, 3.8) is 0 Å². The molecule has 1 aromatic heterocycles. The number of aromatic nitrogens is 3. The van der Waals surface area contributed by atoms with Crippen molar-refractivity contribution < 1.29 is 4.79 Å². The van der Waals surface area contributed by atoms with Crippen LogP contribution in [-0.4, -0.2) is 26.4 Å². The minimum atomic E-state index is -0.232. The van der Waals surface area contributed by atoms with Crippen molar-refractivity contribution in [3.8, 4) is 11.4 Å². The van der Waals surface area contributed by atoms with Gasteiger partial charge in [-0.2, -0.15) is 0 Å². The van der Waals surface area contributed by atoms with Gasteiger partial charge in [0.15, 0.2) is 11.0 Å². The normalized spacial score (nSPS) is 10.8. The summed E-state index contributed by atoms with van der Waals surface area (Å²) < 4.78 is 1.94. The van der Waals surface area contributed by atoms with E-state index in [2.05, 4.69) is 15.5 Å². The largest absolute Gasteiger partial charge is 0.323 e. The molecule has 0 saturated heterocycles. The molecule has 0 atom stereocenters. The number of nitrogens with one attached hydrogen (secondary N) is 1. The van der Waals surface area contributed by atoms with Gasteiger partial charge in [0.05, 0.1) is 21.5 Å². The van der Waals surface area contributed by atoms with Crippen molar-refractivity contribution in [3.05, 3.63) is 57.5 Å². The minimum absolute atomic E-state index is 0.148. The molecule has 27 heavy (non-hydrogen) atoms. The third kappa shape index (κ3) is 4.76. The number of halogens is 3. The van der Waals surface area contributed by atoms with Gasteiger partial charge in [-0.1, -0.05) is 64.8 Å². The highest BCUT2D eigenvalue weighted by Crippen LogP contribution is 2.30. The van der Waals surface area contributed by atoms with Crippen molar-refractivity contribution >= 4 is 58.2 Å². The summed E-state index contributed by atoms with van der Waals surface area (Å²) in [6, 6.07) is 12.5. The van der Waals surface area contributed by atoms with E-state index in [0.717, 1.165) is 5.56 Å². The number of nitrogens with zero attached hydrogens (tertiary/aromatic N) is 3. The van der Waals surface area contributed by atoms with E-state index >= 15 is 0 Å². The van der Waals surface area contributed by atoms with E-state index in [1.54, 1.807) is 24.3 Å². The number of benzene rings is 2. The topological polar surface area (TPSA) is 59.8 Å². The molecule has 2 aromatic carbocycles. The molecule has 0 aliphatic rings. The summed E-state index contributed by atoms with van der Waals surface area (Å²) >= 11 is 19.5. The minimum Gasteiger partial charge on any atom is -0.323 e. The highest BCUT2D eigenvalue weighted by molar-refractivity contribution is 7.99. The summed E-state index contributed by atoms with van der Waals surface area (Å²) in [5.74, 6) is 0.622. The van der Waals surface area contributed by atoms with Crippen LogP contribution < -0.4 is 5.32 Å². The second-order valence-corrected chi connectivity index (χ2v) is 7.69. The lowest BCUT2D eigenvalue weighted by molar-refractivity contribution is -0.113. The third-order valence-electron chi connectivity index (χ3n) is 3.68. The highest BCUT2D eigenvalue weighted by atomic mass is 35.5. The first kappa shape index (κ1) is 20.0. The molecule has 0 radical (unpaired) electrons. The fourth-order valence-electron chi connectivity index (χ4n) is 2.44. The Balaban J connectivity index is 1.72. The van der Waals surface area contributed by atoms with Crippen molar-refractivity contribution in [2.24, 2.45) is 0 Å². The molecule has 0 unspecified atom stereocenters. The number of amides is 1. The van der Waals surface area contributed by atoms with E-state index in [-0.39, 0.29) is 11.7 Å². The summed E-state index contributed by atoms with van der Waals surface area (Å²) in [4.78, 5) is 12.3. The summed E-state index contributed by atoms with van der Waals surface area (Å²) in [6.07, 6.45) is 0. The Bertz CT molecular complexity index is 957. The average molecular weight is 442 g/mol. The number of carbonyl (C=O) groups is 1. The third-order valence-corrected chi connectivity index (χ3v) is 5.51. The van der Waals surface area contributed by atoms with Gasteiger partial charge in [0.25, 0.3) is 0 Å². The van der Waals surface area contributed by atoms with Gasteiger partial charge in [-0.25, -0.2) is 0 Å². The van der Waals surface area contributed by atoms with Gasteiger partial charge in [-0.3, -0.25) is 4.79 Å². The molecule has 5 nitrogen and oxygen atoms in total. The Kier molecular flexibility index (Phi) is 6.65. The Morgan fingerprint density at radius 2 is 1.81 bits per heavy atom. The maximum atomic E-state index is 12.3. The predicted molar refractivity (Wildman–Crippen MR) is 112 cm³/mol. The number of anilines is 1. The molecule has 0 bridgehead atoms. The van der Waals surface area contributed by atoms with Crippen molar-refractivity contribution in [1.82, 2.24) is 14.8 Å². The first-order valence-electron chi connectivity index (χ1n) is 8.05. The number of hydrogen-bond acceptors (Lipinski definition) is 4. The first-order valence-corrected chi connectivity index (χ1v) is 10.2. The Morgan fingerprint density at radius 3 is 2.48 bits per heavy atom. The zero-order chi connectivity index (χ0) is 19.4. The summed E-state index contributed by atoms with van der Waals surface area (Å²) in [7, 11) is 0. The van der Waals surface area contributed by atoms with Gasteiger partial charge in [0.1, 0.15) is 0 Å². The average Bonchev–Trinajstić information content (AvgIpc) is 3.06. The standard InChI is InChI=1S/C18H15Cl3N4OS/c1-2-25-17(11-5-3-6-12(19)9-11)23-24-18(25)27-10-15(26)22-16-13(20)7-4-8-14(16)21/h3-9H,2,10H2,1H3,(H,22,26). The van der Waals surface area contributed by atoms with Crippen LogP contribution in [0.15, 0.2) is 47.6 Å². The maximum absolute atomic E-state index is 12.3. The van der Waals surface area contributed by atoms with Crippen LogP contribution >= 0.6 is 46.6 Å². The molecule has 1 heterocycles. The van der Waals surface area contributed by atoms with Gasteiger partial charge in [0, 0.05) is 17.1 Å². The fraction of sp³-hybridized carbons (Fsp3) is 0.167. The van der Waals surface area contributed by atoms with E-state index < -0.39 is 0 Å². The molecule has 0 spiro atoms. The lowest BCUT2D eigenvalue weighted by Gasteiger charge is -2.10. The molecular formula is C18H15Cl3N4OS. The first-order chi connectivity index (χ1) is 13.0. The van der Waals surface area contributed by atoms with Gasteiger partial charge in [-0.05, 0) is 31.2 Å². The lowest BCUT2D eigenvalue weighted by Crippen LogP contribution is -2.15. The van der Waals surface area contributed by atoms with Crippen LogP contribution in [0.5, 0.6) is 0 Å². The summed E-state index contributed by atoms with van der Waals surface area (Å²) in [5.41, 5.74) is 1.28. The van der Waals surface area contributed by atoms with Crippen LogP contribution in [-0.2, 0) is 11.3 Å². The van der Waals surface area contributed by atoms with Gasteiger partial charge < -0.3 is 9.88 Å². The monoisotopic (exact) mass is 440 g/mol. The van der Waals surface area contributed by atoms with Crippen LogP contribution in [0.25, 0.3) is 11.4 Å². The summed E-state index contributed by atoms with van der Waals surface area (Å²) in [6.45, 7) is 2.65. The SMILES string of the molecule is CCn1c(SCC(=O)Nc2c(Cl)cccc2Cl)nnc1-c1cccc(Cl)c1. The summed E-state index contributed by atoms with van der Waals surface area (Å²) in [5, 5.41) is 13.2. The van der Waals surface area contributed by atoms with Crippen LogP contribution in [0, 0.1) is 0 Å². The zero-order valence-corrected chi connectivity index (χ0v) is 17.3. The number of para-hydroxylation sites is 1. The lowest BCUT2D eigenvalue weighted by atomic mass is 10.2. The van der Waals surface area contributed by atoms with Crippen LogP contribution in [0.1, 0.15) is 6.92 Å². The van der Waals surface area contributed by atoms with Crippen LogP contribution in [0.4, 0.5) is 5.69 Å². The van der Waals surface area contributed by atoms with E-state index in [1.165, 1.54) is 11.8 Å². The number of rotatable bonds is 6. The second kappa shape index (κ2) is 8.97. The Morgan fingerprint density at radius 1 is 1.11 bits per heavy atom. The van der Waals surface area contributed by atoms with Crippen molar-refractivity contribution in [2.45, 2.75) is 18.6 Å². The van der Waals surface area contributed by atoms with E-state index in [9.17, 15) is 4.79 Å². The molecule has 3 rings (SSSR count). The molecule has 3 aromatic rings. The molecule has 0 aliphatic carbocycles. The van der Waals surface area contributed by atoms with E-state index in [1.807, 2.05) is 29.7 Å². The second-order valence-electron chi connectivity index (χ2n) is 5.49. The van der Waals surface area contributed by atoms with E-state index in [4.69, 9.17) is 34.8 Å². The quantitative estimate of drug-likeness (QED) is 0.502. The molecule has 9 heteroatoms. The van der Waals surface area contributed by atoms with Gasteiger partial charge in [0.2, 0.25) is 5.91 Å². The molecule has 0 fully saturated rings. The van der Waals surface area contributed by atoms with Crippen LogP contribution in [0.3, 0.4) is 0 Å². The van der Waals surface area contributed by atoms with E-state index in [0.29, 0.717) is 38.3 Å². The van der Waals surface area contributed by atoms with Crippen LogP contribution in [0.2, 0.25) is 15.1 Å². The molecule has 1 amide bonds. The molecule has 0 saturated carbocycles. The molecule has 140 valence electrons. The fourth-order valence-corrected chi connectivity index (χ4v) is 3.93. The van der Waals surface area contributed by atoms with Crippen molar-refractivity contribution in [2.75, 3.05) is 11.1 Å². The number of thioether (sulfide) groups is 1. The molecular weight excluding hydrogens is 427 g/mol. The smallest absolute Gasteiger partial charge is 0.234 e.